The predicted molar refractivity (Wildman–Crippen MR) is 412 cm³/mol. The van der Waals surface area contributed by atoms with Crippen molar-refractivity contribution >= 4 is 101 Å². The minimum Gasteiger partial charge on any atom is -0.391 e. The molecule has 0 saturated carbocycles. The number of nitrogens with zero attached hydrogens (tertiary/aromatic N) is 6. The van der Waals surface area contributed by atoms with Gasteiger partial charge in [-0.25, -0.2) is 30.9 Å². The van der Waals surface area contributed by atoms with Gasteiger partial charge < -0.3 is 35.8 Å². The molecule has 20 nitrogen and oxygen atoms in total. The van der Waals surface area contributed by atoms with Crippen molar-refractivity contribution in [1.29, 1.82) is 0 Å². The Balaban J connectivity index is 0.681. The monoisotopic (exact) mass is 1570 g/mol. The zero-order chi connectivity index (χ0) is 77.2. The van der Waals surface area contributed by atoms with Crippen LogP contribution in [0.15, 0.2) is 141 Å². The highest BCUT2D eigenvalue weighted by molar-refractivity contribution is 7.99. The Bertz CT molecular complexity index is 4400. The second-order valence-corrected chi connectivity index (χ2v) is 36.1. The second kappa shape index (κ2) is 35.5. The van der Waals surface area contributed by atoms with Crippen molar-refractivity contribution in [3.05, 3.63) is 160 Å². The molecule has 1 aromatic heterocycles. The summed E-state index contributed by atoms with van der Waals surface area (Å²) in [6, 6.07) is 27.4. The van der Waals surface area contributed by atoms with Gasteiger partial charge in [-0.15, -0.1) is 23.1 Å². The van der Waals surface area contributed by atoms with Gasteiger partial charge in [0, 0.05) is 130 Å². The number of thioether (sulfide) groups is 1. The van der Waals surface area contributed by atoms with Gasteiger partial charge in [0.1, 0.15) is 22.8 Å². The number of allylic oxidation sites excluding steroid dienone is 1. The van der Waals surface area contributed by atoms with E-state index in [0.29, 0.717) is 114 Å². The minimum absolute atomic E-state index is 0.0311. The number of aliphatic hydroxyl groups is 1. The van der Waals surface area contributed by atoms with Gasteiger partial charge in [-0.3, -0.25) is 33.8 Å². The van der Waals surface area contributed by atoms with Crippen molar-refractivity contribution in [2.45, 2.75) is 170 Å². The topological polar surface area (TPSA) is 251 Å². The molecule has 2 unspecified atom stereocenters. The van der Waals surface area contributed by atoms with E-state index in [9.17, 15) is 59.1 Å². The molecular weight excluding hydrogens is 1480 g/mol. The Morgan fingerprint density at radius 1 is 0.804 bits per heavy atom. The maximum Gasteiger partial charge on any atom is 0.501 e. The molecule has 578 valence electrons. The Hall–Kier alpha value is -7.44. The molecule has 6 aromatic rings. The number of carbonyl (C=O) groups is 5. The van der Waals surface area contributed by atoms with Crippen molar-refractivity contribution in [3.63, 3.8) is 0 Å². The molecule has 4 heterocycles. The van der Waals surface area contributed by atoms with E-state index in [4.69, 9.17) is 11.6 Å². The van der Waals surface area contributed by atoms with E-state index in [1.807, 2.05) is 93.9 Å². The predicted octanol–water partition coefficient (Wildman–Crippen LogP) is 12.9. The molecule has 0 spiro atoms. The van der Waals surface area contributed by atoms with Gasteiger partial charge in [0.25, 0.3) is 25.8 Å². The first-order valence-corrected chi connectivity index (χ1v) is 41.6. The molecule has 5 amide bonds. The van der Waals surface area contributed by atoms with Crippen LogP contribution in [0.2, 0.25) is 5.02 Å². The number of likely N-dealkylation sites (tertiary alicyclic amines) is 1. The molecule has 29 heteroatoms. The Labute approximate surface area is 638 Å². The van der Waals surface area contributed by atoms with E-state index < -0.39 is 94.3 Å². The number of unbranched alkanes of at least 4 members (excludes halogenated alkanes) is 3. The van der Waals surface area contributed by atoms with Crippen molar-refractivity contribution in [2.75, 3.05) is 88.0 Å². The number of aromatic nitrogens is 1. The highest BCUT2D eigenvalue weighted by Crippen LogP contribution is 2.44. The normalized spacial score (nSPS) is 18.6. The summed E-state index contributed by atoms with van der Waals surface area (Å²) < 4.78 is 116. The summed E-state index contributed by atoms with van der Waals surface area (Å²) in [7, 11) is -11.2. The number of halogens is 5. The maximum absolute atomic E-state index is 15.2. The van der Waals surface area contributed by atoms with Crippen LogP contribution in [0.5, 0.6) is 0 Å². The molecule has 107 heavy (non-hydrogen) atoms. The quantitative estimate of drug-likeness (QED) is 0.0166. The van der Waals surface area contributed by atoms with Gasteiger partial charge in [-0.05, 0) is 147 Å². The molecule has 4 aliphatic rings. The number of carbonyl (C=O) groups excluding carboxylic acids is 5. The Morgan fingerprint density at radius 2 is 1.48 bits per heavy atom. The zero-order valence-electron chi connectivity index (χ0n) is 61.5. The van der Waals surface area contributed by atoms with Gasteiger partial charge in [0.05, 0.1) is 38.8 Å². The second-order valence-electron chi connectivity index (χ2n) is 30.2. The number of sulfone groups is 1. The largest absolute Gasteiger partial charge is 0.501 e. The number of rotatable bonds is 29. The van der Waals surface area contributed by atoms with Gasteiger partial charge in [-0.1, -0.05) is 113 Å². The van der Waals surface area contributed by atoms with Crippen LogP contribution in [0.1, 0.15) is 145 Å². The highest BCUT2D eigenvalue weighted by atomic mass is 35.5. The standard InChI is InChI=1S/C78H97ClF4N10O10S4/c1-51(53-19-21-54(22-20-53)71-52(2)84-50-105-71)85-74(98)67-44-60(94)48-93(67)75(99)72(76(3,4)5)87-69(95)17-13-8-9-14-18-70(96)92-41-35-89(36-42-92)34-32-58(49-104-61-15-11-10-12-16-61)86-66-30-28-62(45-68(66)106(100,101)78(81,82)83)107(102,103)88-73(97)55-23-26-59(27-24-55)91-39-37-90(38-40-91)47-56-46-77(6,7)33-31-63(56)64-29-25-57(79)43-65(64)80/h10-12,15-16,19-30,43,45,50-51,58,60,67,72,86,94H,8-9,13-14,17-18,31-42,44,46-49H2,1-7H3,(H,85,98)(H,87,95)(H,88,97)/t51-,58?,60+,67-,72?/m0/s1. The minimum atomic E-state index is -6.19. The van der Waals surface area contributed by atoms with Gasteiger partial charge in [0.2, 0.25) is 23.6 Å². The lowest BCUT2D eigenvalue weighted by Gasteiger charge is -2.39. The van der Waals surface area contributed by atoms with Crippen LogP contribution in [-0.4, -0.2) is 184 Å². The van der Waals surface area contributed by atoms with Gasteiger partial charge >= 0.3 is 5.51 Å². The van der Waals surface area contributed by atoms with Crippen molar-refractivity contribution in [3.8, 4) is 10.4 Å². The number of hydrogen-bond donors (Lipinski definition) is 5. The molecule has 5 N–H and O–H groups in total. The number of alkyl halides is 3. The number of hydrogen-bond acceptors (Lipinski definition) is 17. The number of thiazole rings is 1. The fraction of sp³-hybridized carbons (Fsp3) is 0.487. The van der Waals surface area contributed by atoms with Crippen LogP contribution in [-0.2, 0) is 39.0 Å². The summed E-state index contributed by atoms with van der Waals surface area (Å²) in [6.45, 7) is 19.2. The first kappa shape index (κ1) is 82.1. The molecule has 1 aliphatic carbocycles. The van der Waals surface area contributed by atoms with E-state index in [2.05, 4.69) is 49.5 Å². The van der Waals surface area contributed by atoms with Gasteiger partial charge in [0.15, 0.2) is 0 Å². The third-order valence-electron chi connectivity index (χ3n) is 20.5. The summed E-state index contributed by atoms with van der Waals surface area (Å²) in [6.07, 6.45) is 4.76. The number of benzene rings is 5. The Morgan fingerprint density at radius 3 is 2.12 bits per heavy atom. The smallest absolute Gasteiger partial charge is 0.391 e. The average Bonchev–Trinajstić information content (AvgIpc) is 1.36. The van der Waals surface area contributed by atoms with Crippen LogP contribution in [0.3, 0.4) is 0 Å². The van der Waals surface area contributed by atoms with Crippen LogP contribution in [0.25, 0.3) is 16.0 Å². The summed E-state index contributed by atoms with van der Waals surface area (Å²) in [5, 5.41) is 20.0. The lowest BCUT2D eigenvalue weighted by molar-refractivity contribution is -0.144. The molecular formula is C78H97ClF4N10O10S4. The summed E-state index contributed by atoms with van der Waals surface area (Å²) >= 11 is 9.03. The number of nitrogens with one attached hydrogen (secondary N) is 4. The number of anilines is 2. The van der Waals surface area contributed by atoms with Crippen LogP contribution < -0.4 is 25.6 Å². The summed E-state index contributed by atoms with van der Waals surface area (Å²) in [5.74, 6) is -2.39. The lowest BCUT2D eigenvalue weighted by Crippen LogP contribution is -2.57. The molecule has 3 saturated heterocycles. The number of aliphatic hydroxyl groups excluding tert-OH is 1. The molecule has 3 fully saturated rings. The average molecular weight is 1570 g/mol. The van der Waals surface area contributed by atoms with Gasteiger partial charge in [-0.2, -0.15) is 13.2 Å². The van der Waals surface area contributed by atoms with Crippen LogP contribution in [0, 0.1) is 23.6 Å². The first-order valence-electron chi connectivity index (χ1n) is 36.4. The number of β-amino-alcohol motifs (C(OH)–C–C–N with tert-alkyl or cyclic N) is 1. The third kappa shape index (κ3) is 21.5. The number of sulfonamides is 1. The molecule has 10 rings (SSSR count). The van der Waals surface area contributed by atoms with Crippen LogP contribution in [0.4, 0.5) is 28.9 Å². The van der Waals surface area contributed by atoms with Crippen molar-refractivity contribution < 1.29 is 63.5 Å². The fourth-order valence-corrected chi connectivity index (χ4v) is 18.3. The number of aryl methyl sites for hydroxylation is 1. The first-order chi connectivity index (χ1) is 50.6. The van der Waals surface area contributed by atoms with E-state index in [0.717, 1.165) is 69.2 Å². The number of piperazine rings is 2. The van der Waals surface area contributed by atoms with E-state index in [1.54, 1.807) is 46.0 Å². The van der Waals surface area contributed by atoms with Crippen LogP contribution >= 0.6 is 34.7 Å². The third-order valence-corrected chi connectivity index (χ3v) is 25.7. The van der Waals surface area contributed by atoms with E-state index in [1.165, 1.54) is 40.4 Å². The Kier molecular flexibility index (Phi) is 27.2. The summed E-state index contributed by atoms with van der Waals surface area (Å²) in [4.78, 5) is 82.3. The van der Waals surface area contributed by atoms with E-state index >= 15 is 4.39 Å². The van der Waals surface area contributed by atoms with Crippen molar-refractivity contribution in [2.24, 2.45) is 10.8 Å². The lowest BCUT2D eigenvalue weighted by atomic mass is 9.72. The SMILES string of the molecule is Cc1ncsc1-c1ccc([C@H](C)NC(=O)[C@@H]2C[C@@H](O)CN2C(=O)C(NC(=O)CCCCCCC(=O)N2CCN(CCC(CSc3ccccc3)Nc3ccc(S(=O)(=O)NC(=O)c4ccc(N5CCN(CC6=C(c7ccc(Cl)cc7F)CCC(C)(C)C6)CC5)cc4)cc3S(=O)(=O)C(F)(F)F)CC2)C(C)(C)C)cc1. The number of amides is 5. The fourth-order valence-electron chi connectivity index (χ4n) is 14.3. The highest BCUT2D eigenvalue weighted by Gasteiger charge is 2.49. The molecule has 0 bridgehead atoms. The molecule has 5 aromatic carbocycles. The molecule has 0 radical (unpaired) electrons. The van der Waals surface area contributed by atoms with Crippen molar-refractivity contribution in [1.82, 2.24) is 39.9 Å². The zero-order valence-corrected chi connectivity index (χ0v) is 65.5. The molecule has 3 aliphatic heterocycles. The maximum atomic E-state index is 15.2. The summed E-state index contributed by atoms with van der Waals surface area (Å²) in [5.41, 5.74) is 1.10. The van der Waals surface area contributed by atoms with E-state index in [-0.39, 0.29) is 60.2 Å². The molecule has 5 atom stereocenters.